The van der Waals surface area contributed by atoms with E-state index in [1.54, 1.807) is 0 Å². The van der Waals surface area contributed by atoms with E-state index in [-0.39, 0.29) is 18.0 Å². The SMILES string of the molecule is CCc1cc(N2C[C@H]3C[C@@H]2CN3C(=O)O)ccc1Nc1ncc(C(F)(F)F)c(Cl)n1. The molecule has 1 aromatic heterocycles. The van der Waals surface area contributed by atoms with Crippen LogP contribution in [0, 0.1) is 0 Å². The van der Waals surface area contributed by atoms with E-state index in [1.807, 2.05) is 25.1 Å². The van der Waals surface area contributed by atoms with Gasteiger partial charge >= 0.3 is 12.3 Å². The quantitative estimate of drug-likeness (QED) is 0.685. The van der Waals surface area contributed by atoms with Crippen LogP contribution in [0.1, 0.15) is 24.5 Å². The van der Waals surface area contributed by atoms with Crippen LogP contribution in [-0.2, 0) is 12.6 Å². The molecule has 2 aliphatic rings. The molecule has 0 unspecified atom stereocenters. The molecule has 0 radical (unpaired) electrons. The zero-order valence-electron chi connectivity index (χ0n) is 15.9. The van der Waals surface area contributed by atoms with Crippen molar-refractivity contribution in [3.63, 3.8) is 0 Å². The average Bonchev–Trinajstić information content (AvgIpc) is 3.28. The van der Waals surface area contributed by atoms with Crippen molar-refractivity contribution < 1.29 is 23.1 Å². The number of fused-ring (bicyclic) bond motifs is 2. The number of amides is 1. The maximum absolute atomic E-state index is 12.8. The number of carbonyl (C=O) groups is 1. The second-order valence-electron chi connectivity index (χ2n) is 7.35. The number of hydrogen-bond donors (Lipinski definition) is 2. The first kappa shape index (κ1) is 20.5. The van der Waals surface area contributed by atoms with Gasteiger partial charge in [0.1, 0.15) is 10.7 Å². The summed E-state index contributed by atoms with van der Waals surface area (Å²) in [7, 11) is 0. The fourth-order valence-electron chi connectivity index (χ4n) is 4.12. The van der Waals surface area contributed by atoms with E-state index in [9.17, 15) is 23.1 Å². The normalized spacial score (nSPS) is 20.7. The number of aromatic nitrogens is 2. The number of carboxylic acid groups (broad SMARTS) is 1. The molecule has 2 aromatic rings. The van der Waals surface area contributed by atoms with Gasteiger partial charge in [0.25, 0.3) is 0 Å². The van der Waals surface area contributed by atoms with Gasteiger partial charge in [0, 0.05) is 36.7 Å². The van der Waals surface area contributed by atoms with Gasteiger partial charge in [-0.3, -0.25) is 0 Å². The van der Waals surface area contributed by atoms with Crippen LogP contribution in [0.4, 0.5) is 35.3 Å². The Balaban J connectivity index is 1.53. The smallest absolute Gasteiger partial charge is 0.420 e. The molecule has 160 valence electrons. The zero-order valence-corrected chi connectivity index (χ0v) is 16.7. The summed E-state index contributed by atoms with van der Waals surface area (Å²) in [4.78, 5) is 22.4. The molecule has 30 heavy (non-hydrogen) atoms. The van der Waals surface area contributed by atoms with Crippen LogP contribution in [0.25, 0.3) is 0 Å². The molecular weight excluding hydrogens is 423 g/mol. The van der Waals surface area contributed by atoms with Gasteiger partial charge in [0.2, 0.25) is 5.95 Å². The summed E-state index contributed by atoms with van der Waals surface area (Å²) in [5.74, 6) is -0.0206. The number of alkyl halides is 3. The highest BCUT2D eigenvalue weighted by atomic mass is 35.5. The van der Waals surface area contributed by atoms with E-state index in [0.29, 0.717) is 31.4 Å². The van der Waals surface area contributed by atoms with Crippen molar-refractivity contribution >= 4 is 35.0 Å². The summed E-state index contributed by atoms with van der Waals surface area (Å²) >= 11 is 5.67. The molecule has 2 saturated heterocycles. The second kappa shape index (κ2) is 7.50. The number of piperazine rings is 1. The maximum atomic E-state index is 12.8. The van der Waals surface area contributed by atoms with Crippen LogP contribution in [0.5, 0.6) is 0 Å². The van der Waals surface area contributed by atoms with Gasteiger partial charge in [-0.25, -0.2) is 14.8 Å². The lowest BCUT2D eigenvalue weighted by atomic mass is 10.1. The molecule has 3 heterocycles. The Labute approximate surface area is 175 Å². The maximum Gasteiger partial charge on any atom is 0.420 e. The van der Waals surface area contributed by atoms with Crippen LogP contribution in [0.2, 0.25) is 5.15 Å². The molecule has 2 N–H and O–H groups in total. The molecule has 0 saturated carbocycles. The first-order chi connectivity index (χ1) is 14.2. The lowest BCUT2D eigenvalue weighted by Crippen LogP contribution is -2.48. The van der Waals surface area contributed by atoms with Crippen molar-refractivity contribution in [3.8, 4) is 0 Å². The highest BCUT2D eigenvalue weighted by Gasteiger charge is 2.45. The highest BCUT2D eigenvalue weighted by Crippen LogP contribution is 2.37. The van der Waals surface area contributed by atoms with E-state index < -0.39 is 23.0 Å². The molecule has 2 aliphatic heterocycles. The largest absolute Gasteiger partial charge is 0.465 e. The molecule has 4 rings (SSSR count). The van der Waals surface area contributed by atoms with Crippen molar-refractivity contribution in [1.82, 2.24) is 14.9 Å². The van der Waals surface area contributed by atoms with Gasteiger partial charge in [-0.2, -0.15) is 13.2 Å². The summed E-state index contributed by atoms with van der Waals surface area (Å²) in [6.45, 7) is 3.09. The van der Waals surface area contributed by atoms with Crippen LogP contribution < -0.4 is 10.2 Å². The van der Waals surface area contributed by atoms with Crippen molar-refractivity contribution in [2.75, 3.05) is 23.3 Å². The fourth-order valence-corrected chi connectivity index (χ4v) is 4.36. The van der Waals surface area contributed by atoms with Crippen LogP contribution >= 0.6 is 11.6 Å². The van der Waals surface area contributed by atoms with Gasteiger partial charge in [-0.05, 0) is 36.6 Å². The lowest BCUT2D eigenvalue weighted by molar-refractivity contribution is -0.137. The topological polar surface area (TPSA) is 81.6 Å². The minimum Gasteiger partial charge on any atom is -0.465 e. The van der Waals surface area contributed by atoms with E-state index >= 15 is 0 Å². The first-order valence-corrected chi connectivity index (χ1v) is 9.81. The molecule has 1 amide bonds. The van der Waals surface area contributed by atoms with Gasteiger partial charge < -0.3 is 20.2 Å². The predicted octanol–water partition coefficient (Wildman–Crippen LogP) is 4.40. The molecule has 0 aliphatic carbocycles. The van der Waals surface area contributed by atoms with E-state index in [1.165, 1.54) is 4.90 Å². The standard InChI is InChI=1S/C19H19ClF3N5O2/c1-2-10-5-11(27-8-13-6-12(27)9-28(13)18(29)30)3-4-15(10)25-17-24-7-14(16(20)26-17)19(21,22)23/h3-5,7,12-13H,2,6,8-9H2,1H3,(H,29,30)(H,24,25,26)/t12-,13-/m1/s1. The average molecular weight is 442 g/mol. The third kappa shape index (κ3) is 3.71. The van der Waals surface area contributed by atoms with Crippen LogP contribution in [0.15, 0.2) is 24.4 Å². The van der Waals surface area contributed by atoms with E-state index in [4.69, 9.17) is 11.6 Å². The highest BCUT2D eigenvalue weighted by molar-refractivity contribution is 6.30. The van der Waals surface area contributed by atoms with Gasteiger partial charge in [0.15, 0.2) is 0 Å². The van der Waals surface area contributed by atoms with Crippen LogP contribution in [0.3, 0.4) is 0 Å². The van der Waals surface area contributed by atoms with E-state index in [2.05, 4.69) is 20.2 Å². The summed E-state index contributed by atoms with van der Waals surface area (Å²) in [6, 6.07) is 5.87. The molecule has 11 heteroatoms. The third-order valence-electron chi connectivity index (χ3n) is 5.58. The molecule has 2 bridgehead atoms. The van der Waals surface area contributed by atoms with E-state index in [0.717, 1.165) is 17.7 Å². The van der Waals surface area contributed by atoms with Crippen molar-refractivity contribution in [2.45, 2.75) is 38.0 Å². The minimum absolute atomic E-state index is 0.00179. The number of hydrogen-bond acceptors (Lipinski definition) is 5. The molecule has 2 atom stereocenters. The summed E-state index contributed by atoms with van der Waals surface area (Å²) < 4.78 is 38.5. The molecular formula is C19H19ClF3N5O2. The Morgan fingerprint density at radius 3 is 2.67 bits per heavy atom. The van der Waals surface area contributed by atoms with Crippen LogP contribution in [-0.4, -0.2) is 51.2 Å². The Morgan fingerprint density at radius 2 is 2.10 bits per heavy atom. The number of aryl methyl sites for hydroxylation is 1. The number of anilines is 3. The van der Waals surface area contributed by atoms with Gasteiger partial charge in [-0.15, -0.1) is 0 Å². The number of nitrogens with zero attached hydrogens (tertiary/aromatic N) is 4. The Hall–Kier alpha value is -2.75. The zero-order chi connectivity index (χ0) is 21.6. The number of halogens is 4. The molecule has 0 spiro atoms. The monoisotopic (exact) mass is 441 g/mol. The number of rotatable bonds is 4. The predicted molar refractivity (Wildman–Crippen MR) is 105 cm³/mol. The number of nitrogens with one attached hydrogen (secondary N) is 1. The van der Waals surface area contributed by atoms with Crippen molar-refractivity contribution in [3.05, 3.63) is 40.7 Å². The summed E-state index contributed by atoms with van der Waals surface area (Å²) in [5.41, 5.74) is 1.51. The van der Waals surface area contributed by atoms with Crippen molar-refractivity contribution in [2.24, 2.45) is 0 Å². The Bertz CT molecular complexity index is 987. The summed E-state index contributed by atoms with van der Waals surface area (Å²) in [6.07, 6.45) is -3.35. The Morgan fingerprint density at radius 1 is 1.33 bits per heavy atom. The Kier molecular flexibility index (Phi) is 5.13. The number of likely N-dealkylation sites (tertiary alicyclic amines) is 1. The van der Waals surface area contributed by atoms with Gasteiger partial charge in [0.05, 0.1) is 6.04 Å². The molecule has 7 nitrogen and oxygen atoms in total. The molecule has 2 fully saturated rings. The fraction of sp³-hybridized carbons (Fsp3) is 0.421. The minimum atomic E-state index is -4.61. The van der Waals surface area contributed by atoms with Crippen molar-refractivity contribution in [1.29, 1.82) is 0 Å². The van der Waals surface area contributed by atoms with Gasteiger partial charge in [-0.1, -0.05) is 18.5 Å². The second-order valence-corrected chi connectivity index (χ2v) is 7.70. The number of benzene rings is 1. The third-order valence-corrected chi connectivity index (χ3v) is 5.87. The first-order valence-electron chi connectivity index (χ1n) is 9.43. The lowest BCUT2D eigenvalue weighted by Gasteiger charge is -2.34. The molecule has 1 aromatic carbocycles. The summed E-state index contributed by atoms with van der Waals surface area (Å²) in [5, 5.41) is 11.5.